The number of aryl methyl sites for hydroxylation is 1. The number of hydrogen-bond donors (Lipinski definition) is 0. The van der Waals surface area contributed by atoms with Gasteiger partial charge >= 0.3 is 0 Å². The van der Waals surface area contributed by atoms with Gasteiger partial charge in [0, 0.05) is 30.8 Å². The molecule has 0 spiro atoms. The summed E-state index contributed by atoms with van der Waals surface area (Å²) in [7, 11) is 1.66. The zero-order valence-electron chi connectivity index (χ0n) is 14.3. The highest BCUT2D eigenvalue weighted by Gasteiger charge is 2.17. The summed E-state index contributed by atoms with van der Waals surface area (Å²) < 4.78 is 5.42. The third-order valence-electron chi connectivity index (χ3n) is 3.71. The van der Waals surface area contributed by atoms with Gasteiger partial charge in [-0.1, -0.05) is 30.9 Å². The monoisotopic (exact) mass is 340 g/mol. The van der Waals surface area contributed by atoms with Gasteiger partial charge in [0.2, 0.25) is 0 Å². The fraction of sp³-hybridized carbons (Fsp3) is 0.211. The van der Waals surface area contributed by atoms with E-state index in [1.807, 2.05) is 24.3 Å². The molecule has 2 aromatic carbocycles. The Labute approximate surface area is 146 Å². The van der Waals surface area contributed by atoms with E-state index in [2.05, 4.69) is 6.58 Å². The number of carbonyl (C=O) groups excluding carboxylic acids is 1. The van der Waals surface area contributed by atoms with Crippen LogP contribution in [0.15, 0.2) is 55.1 Å². The van der Waals surface area contributed by atoms with Crippen molar-refractivity contribution < 1.29 is 14.5 Å². The number of rotatable bonds is 7. The van der Waals surface area contributed by atoms with Gasteiger partial charge in [0.05, 0.1) is 4.92 Å². The van der Waals surface area contributed by atoms with E-state index in [0.717, 1.165) is 11.3 Å². The normalized spacial score (nSPS) is 10.2. The third kappa shape index (κ3) is 4.67. The number of nitro benzene ring substituents is 1. The summed E-state index contributed by atoms with van der Waals surface area (Å²) in [6.07, 6.45) is 1.67. The van der Waals surface area contributed by atoms with Crippen molar-refractivity contribution in [2.45, 2.75) is 13.5 Å². The predicted octanol–water partition coefficient (Wildman–Crippen LogP) is 3.74. The van der Waals surface area contributed by atoms with E-state index in [1.165, 1.54) is 11.0 Å². The molecule has 25 heavy (non-hydrogen) atoms. The highest BCUT2D eigenvalue weighted by molar-refractivity contribution is 5.94. The van der Waals surface area contributed by atoms with Crippen LogP contribution in [0, 0.1) is 17.0 Å². The van der Waals surface area contributed by atoms with Crippen LogP contribution in [0.2, 0.25) is 0 Å². The summed E-state index contributed by atoms with van der Waals surface area (Å²) in [6.45, 7) is 6.06. The van der Waals surface area contributed by atoms with Crippen LogP contribution in [-0.2, 0) is 6.54 Å². The second-order valence-electron chi connectivity index (χ2n) is 5.66. The van der Waals surface area contributed by atoms with E-state index in [4.69, 9.17) is 4.74 Å². The maximum Gasteiger partial charge on any atom is 0.273 e. The van der Waals surface area contributed by atoms with E-state index in [9.17, 15) is 14.9 Å². The molecule has 0 aliphatic heterocycles. The molecule has 0 radical (unpaired) electrons. The fourth-order valence-electron chi connectivity index (χ4n) is 2.35. The van der Waals surface area contributed by atoms with Crippen LogP contribution in [0.5, 0.6) is 5.75 Å². The van der Waals surface area contributed by atoms with Crippen LogP contribution in [0.3, 0.4) is 0 Å². The number of nitro groups is 1. The Bertz CT molecular complexity index is 785. The zero-order valence-corrected chi connectivity index (χ0v) is 14.3. The van der Waals surface area contributed by atoms with Gasteiger partial charge in [0.1, 0.15) is 12.4 Å². The van der Waals surface area contributed by atoms with Crippen LogP contribution in [0.1, 0.15) is 21.5 Å². The molecule has 0 unspecified atom stereocenters. The topological polar surface area (TPSA) is 72.7 Å². The zero-order chi connectivity index (χ0) is 18.4. The maximum absolute atomic E-state index is 12.5. The van der Waals surface area contributed by atoms with Crippen molar-refractivity contribution in [3.63, 3.8) is 0 Å². The Kier molecular flexibility index (Phi) is 5.89. The quantitative estimate of drug-likeness (QED) is 0.437. The van der Waals surface area contributed by atoms with Gasteiger partial charge in [0.25, 0.3) is 11.6 Å². The molecule has 0 saturated carbocycles. The van der Waals surface area contributed by atoms with Crippen molar-refractivity contribution in [3.05, 3.63) is 81.9 Å². The van der Waals surface area contributed by atoms with Crippen molar-refractivity contribution >= 4 is 11.6 Å². The first kappa shape index (κ1) is 18.2. The highest BCUT2D eigenvalue weighted by atomic mass is 16.6. The summed E-state index contributed by atoms with van der Waals surface area (Å²) >= 11 is 0. The molecule has 130 valence electrons. The summed E-state index contributed by atoms with van der Waals surface area (Å²) in [5.74, 6) is 0.460. The van der Waals surface area contributed by atoms with Crippen LogP contribution in [-0.4, -0.2) is 29.4 Å². The minimum absolute atomic E-state index is 0.0528. The summed E-state index contributed by atoms with van der Waals surface area (Å²) in [5, 5.41) is 11.0. The lowest BCUT2D eigenvalue weighted by Gasteiger charge is -2.17. The van der Waals surface area contributed by atoms with Gasteiger partial charge in [-0.25, -0.2) is 0 Å². The molecule has 1 amide bonds. The molecule has 0 N–H and O–H groups in total. The second-order valence-corrected chi connectivity index (χ2v) is 5.66. The van der Waals surface area contributed by atoms with E-state index in [-0.39, 0.29) is 11.6 Å². The van der Waals surface area contributed by atoms with Crippen molar-refractivity contribution in [1.29, 1.82) is 0 Å². The minimum Gasteiger partial charge on any atom is -0.490 e. The van der Waals surface area contributed by atoms with Gasteiger partial charge in [-0.15, -0.1) is 0 Å². The Morgan fingerprint density at radius 3 is 2.56 bits per heavy atom. The van der Waals surface area contributed by atoms with Crippen LogP contribution >= 0.6 is 0 Å². The predicted molar refractivity (Wildman–Crippen MR) is 95.8 cm³/mol. The summed E-state index contributed by atoms with van der Waals surface area (Å²) in [5.41, 5.74) is 1.71. The molecular formula is C19H20N2O4. The first-order valence-corrected chi connectivity index (χ1v) is 7.75. The molecule has 2 rings (SSSR count). The fourth-order valence-corrected chi connectivity index (χ4v) is 2.35. The van der Waals surface area contributed by atoms with Crippen LogP contribution in [0.25, 0.3) is 0 Å². The molecule has 0 aliphatic carbocycles. The van der Waals surface area contributed by atoms with Gasteiger partial charge < -0.3 is 9.64 Å². The third-order valence-corrected chi connectivity index (χ3v) is 3.71. The molecule has 0 saturated heterocycles. The van der Waals surface area contributed by atoms with Gasteiger partial charge in [-0.05, 0) is 30.7 Å². The average molecular weight is 340 g/mol. The minimum atomic E-state index is -0.478. The van der Waals surface area contributed by atoms with E-state index in [1.54, 1.807) is 32.2 Å². The second kappa shape index (κ2) is 8.10. The number of amides is 1. The largest absolute Gasteiger partial charge is 0.490 e. The average Bonchev–Trinajstić information content (AvgIpc) is 2.60. The lowest BCUT2D eigenvalue weighted by atomic mass is 10.1. The maximum atomic E-state index is 12.5. The number of hydrogen-bond acceptors (Lipinski definition) is 4. The molecule has 0 fully saturated rings. The lowest BCUT2D eigenvalue weighted by Crippen LogP contribution is -2.26. The van der Waals surface area contributed by atoms with Gasteiger partial charge in [-0.2, -0.15) is 0 Å². The Hall–Kier alpha value is -3.15. The Morgan fingerprint density at radius 1 is 1.28 bits per heavy atom. The van der Waals surface area contributed by atoms with Gasteiger partial charge in [-0.3, -0.25) is 14.9 Å². The Balaban J connectivity index is 2.08. The van der Waals surface area contributed by atoms with Crippen LogP contribution in [0.4, 0.5) is 5.69 Å². The smallest absolute Gasteiger partial charge is 0.273 e. The first-order chi connectivity index (χ1) is 11.9. The molecule has 0 bridgehead atoms. The van der Waals surface area contributed by atoms with E-state index in [0.29, 0.717) is 24.3 Å². The molecule has 0 heterocycles. The van der Waals surface area contributed by atoms with E-state index >= 15 is 0 Å². The van der Waals surface area contributed by atoms with Crippen molar-refractivity contribution in [3.8, 4) is 5.75 Å². The molecule has 0 aromatic heterocycles. The first-order valence-electron chi connectivity index (χ1n) is 7.75. The van der Waals surface area contributed by atoms with Crippen molar-refractivity contribution in [1.82, 2.24) is 4.90 Å². The number of carbonyl (C=O) groups is 1. The molecule has 6 heteroatoms. The van der Waals surface area contributed by atoms with Crippen molar-refractivity contribution in [2.24, 2.45) is 0 Å². The molecular weight excluding hydrogens is 320 g/mol. The highest BCUT2D eigenvalue weighted by Crippen LogP contribution is 2.21. The number of benzene rings is 2. The molecule has 6 nitrogen and oxygen atoms in total. The number of ether oxygens (including phenoxy) is 1. The lowest BCUT2D eigenvalue weighted by molar-refractivity contribution is -0.385. The molecule has 2 aromatic rings. The summed E-state index contributed by atoms with van der Waals surface area (Å²) in [4.78, 5) is 24.6. The molecule has 0 aliphatic rings. The Morgan fingerprint density at radius 2 is 1.96 bits per heavy atom. The van der Waals surface area contributed by atoms with Crippen LogP contribution < -0.4 is 4.74 Å². The molecule has 0 atom stereocenters. The van der Waals surface area contributed by atoms with Gasteiger partial charge in [0.15, 0.2) is 0 Å². The SMILES string of the molecule is C=CCOc1ccc(CN(C)C(=O)c2ccc(C)c([N+](=O)[O-])c2)cc1. The summed E-state index contributed by atoms with van der Waals surface area (Å²) in [6, 6.07) is 11.9. The number of nitrogens with zero attached hydrogens (tertiary/aromatic N) is 2. The van der Waals surface area contributed by atoms with Crippen molar-refractivity contribution in [2.75, 3.05) is 13.7 Å². The standard InChI is InChI=1S/C19H20N2O4/c1-4-11-25-17-9-6-15(7-10-17)13-20(3)19(22)16-8-5-14(2)18(12-16)21(23)24/h4-10,12H,1,11,13H2,2-3H3. The van der Waals surface area contributed by atoms with E-state index < -0.39 is 4.92 Å².